The molecular formula is C22H21N3O3S. The van der Waals surface area contributed by atoms with Crippen molar-refractivity contribution >= 4 is 46.4 Å². The molecule has 0 atom stereocenters. The molecule has 2 N–H and O–H groups in total. The molecule has 0 saturated heterocycles. The van der Waals surface area contributed by atoms with Gasteiger partial charge in [-0.1, -0.05) is 23.9 Å². The van der Waals surface area contributed by atoms with Crippen LogP contribution in [0.1, 0.15) is 31.0 Å². The van der Waals surface area contributed by atoms with Crippen LogP contribution in [0, 0.1) is 0 Å². The number of aromatic nitrogens is 2. The Hall–Kier alpha value is -3.06. The van der Waals surface area contributed by atoms with Crippen LogP contribution in [-0.2, 0) is 20.7 Å². The molecule has 0 radical (unpaired) electrons. The van der Waals surface area contributed by atoms with Gasteiger partial charge in [-0.05, 0) is 49.6 Å². The Kier molecular flexibility index (Phi) is 5.67. The van der Waals surface area contributed by atoms with E-state index in [9.17, 15) is 9.59 Å². The van der Waals surface area contributed by atoms with E-state index in [2.05, 4.69) is 15.3 Å². The normalized spacial score (nSPS) is 14.7. The highest BCUT2D eigenvalue weighted by Crippen LogP contribution is 2.39. The topological polar surface area (TPSA) is 84.1 Å². The number of H-pyrrole nitrogens is 1. The average molecular weight is 407 g/mol. The van der Waals surface area contributed by atoms with E-state index in [0.29, 0.717) is 11.5 Å². The van der Waals surface area contributed by atoms with Crippen molar-refractivity contribution in [2.24, 2.45) is 0 Å². The van der Waals surface area contributed by atoms with Crippen LogP contribution in [-0.4, -0.2) is 28.5 Å². The number of ether oxygens (including phenoxy) is 1. The quantitative estimate of drug-likeness (QED) is 0.356. The zero-order valence-electron chi connectivity index (χ0n) is 16.0. The molecule has 1 aliphatic rings. The van der Waals surface area contributed by atoms with E-state index in [4.69, 9.17) is 4.74 Å². The van der Waals surface area contributed by atoms with Crippen LogP contribution in [0.25, 0.3) is 17.1 Å². The number of thioether (sulfide) groups is 1. The molecule has 1 amide bonds. The number of amides is 1. The highest BCUT2D eigenvalue weighted by Gasteiger charge is 2.22. The van der Waals surface area contributed by atoms with Gasteiger partial charge in [-0.25, -0.2) is 4.98 Å². The molecule has 2 aromatic heterocycles. The molecule has 6 nitrogen and oxygen atoms in total. The molecule has 3 heterocycles. The molecule has 148 valence electrons. The van der Waals surface area contributed by atoms with Crippen molar-refractivity contribution in [1.82, 2.24) is 9.97 Å². The number of benzene rings is 1. The maximum atomic E-state index is 12.6. The second-order valence-corrected chi connectivity index (χ2v) is 7.86. The number of para-hydroxylation sites is 1. The smallest absolute Gasteiger partial charge is 0.302 e. The van der Waals surface area contributed by atoms with Crippen LogP contribution in [0.2, 0.25) is 0 Å². The van der Waals surface area contributed by atoms with Crippen molar-refractivity contribution in [3.63, 3.8) is 0 Å². The zero-order valence-corrected chi connectivity index (χ0v) is 16.8. The number of fused-ring (bicyclic) bond motifs is 2. The number of rotatable bonds is 6. The third-order valence-electron chi connectivity index (χ3n) is 4.67. The predicted molar refractivity (Wildman–Crippen MR) is 115 cm³/mol. The molecular weight excluding hydrogens is 386 g/mol. The molecule has 3 aromatic rings. The summed E-state index contributed by atoms with van der Waals surface area (Å²) >= 11 is 1.47. The lowest BCUT2D eigenvalue weighted by atomic mass is 10.1. The van der Waals surface area contributed by atoms with E-state index in [-0.39, 0.29) is 11.9 Å². The van der Waals surface area contributed by atoms with Gasteiger partial charge in [0.15, 0.2) is 0 Å². The number of hydrogen-bond donors (Lipinski definition) is 2. The summed E-state index contributed by atoms with van der Waals surface area (Å²) in [5, 5.41) is 3.95. The number of carbonyl (C=O) groups is 2. The number of aryl methyl sites for hydroxylation is 1. The molecule has 0 saturated carbocycles. The maximum absolute atomic E-state index is 12.6. The summed E-state index contributed by atoms with van der Waals surface area (Å²) < 4.78 is 5.01. The minimum absolute atomic E-state index is 0.104. The standard InChI is InChI=1S/C22H21N3O3S/c1-14(26)28-12-5-4-8-17-16(15-7-6-11-23-21(15)24-17)13-20-22(27)25-18-9-2-3-10-19(18)29-20/h2-3,6-7,9-11,13H,4-5,8,12H2,1H3,(H,23,24)(H,25,27). The molecule has 0 bridgehead atoms. The number of aromatic amines is 1. The second kappa shape index (κ2) is 8.53. The third kappa shape index (κ3) is 4.35. The summed E-state index contributed by atoms with van der Waals surface area (Å²) in [5.74, 6) is -0.362. The number of esters is 1. The van der Waals surface area contributed by atoms with Crippen molar-refractivity contribution in [1.29, 1.82) is 0 Å². The van der Waals surface area contributed by atoms with Gasteiger partial charge in [0.25, 0.3) is 5.91 Å². The largest absolute Gasteiger partial charge is 0.466 e. The third-order valence-corrected chi connectivity index (χ3v) is 5.77. The summed E-state index contributed by atoms with van der Waals surface area (Å²) in [6, 6.07) is 11.7. The molecule has 7 heteroatoms. The minimum atomic E-state index is -0.258. The lowest BCUT2D eigenvalue weighted by Crippen LogP contribution is -2.17. The van der Waals surface area contributed by atoms with Gasteiger partial charge in [-0.3, -0.25) is 9.59 Å². The zero-order chi connectivity index (χ0) is 20.2. The molecule has 29 heavy (non-hydrogen) atoms. The first-order chi connectivity index (χ1) is 14.1. The van der Waals surface area contributed by atoms with Gasteiger partial charge in [0.1, 0.15) is 5.65 Å². The van der Waals surface area contributed by atoms with Gasteiger partial charge < -0.3 is 15.0 Å². The number of anilines is 1. The first-order valence-corrected chi connectivity index (χ1v) is 10.3. The van der Waals surface area contributed by atoms with Gasteiger partial charge in [0.05, 0.1) is 17.2 Å². The SMILES string of the molecule is CC(=O)OCCCCc1[nH]c2ncccc2c1C=C1Sc2ccccc2NC1=O. The molecule has 0 unspecified atom stereocenters. The number of unbranched alkanes of at least 4 members (excludes halogenated alkanes) is 1. The Morgan fingerprint density at radius 1 is 1.21 bits per heavy atom. The fourth-order valence-electron chi connectivity index (χ4n) is 3.31. The van der Waals surface area contributed by atoms with Crippen molar-refractivity contribution in [2.45, 2.75) is 31.1 Å². The van der Waals surface area contributed by atoms with E-state index >= 15 is 0 Å². The molecule has 4 rings (SSSR count). The Balaban J connectivity index is 1.61. The number of nitrogens with zero attached hydrogens (tertiary/aromatic N) is 1. The molecule has 0 aliphatic carbocycles. The predicted octanol–water partition coefficient (Wildman–Crippen LogP) is 4.53. The first-order valence-electron chi connectivity index (χ1n) is 9.50. The Morgan fingerprint density at radius 3 is 2.93 bits per heavy atom. The maximum Gasteiger partial charge on any atom is 0.302 e. The fraction of sp³-hybridized carbons (Fsp3) is 0.227. The van der Waals surface area contributed by atoms with Crippen LogP contribution in [0.3, 0.4) is 0 Å². The number of hydrogen-bond acceptors (Lipinski definition) is 5. The van der Waals surface area contributed by atoms with E-state index in [1.807, 2.05) is 42.5 Å². The van der Waals surface area contributed by atoms with Gasteiger partial charge >= 0.3 is 5.97 Å². The number of pyridine rings is 1. The monoisotopic (exact) mass is 407 g/mol. The van der Waals surface area contributed by atoms with Gasteiger partial charge in [-0.15, -0.1) is 0 Å². The fourth-order valence-corrected chi connectivity index (χ4v) is 4.24. The van der Waals surface area contributed by atoms with E-state index in [0.717, 1.165) is 52.1 Å². The van der Waals surface area contributed by atoms with Crippen LogP contribution in [0.4, 0.5) is 5.69 Å². The van der Waals surface area contributed by atoms with Gasteiger partial charge in [0, 0.05) is 34.7 Å². The summed E-state index contributed by atoms with van der Waals surface area (Å²) in [6.45, 7) is 1.83. The van der Waals surface area contributed by atoms with Crippen molar-refractivity contribution in [3.05, 3.63) is 58.8 Å². The molecule has 0 fully saturated rings. The Morgan fingerprint density at radius 2 is 2.07 bits per heavy atom. The van der Waals surface area contributed by atoms with Crippen molar-refractivity contribution in [3.8, 4) is 0 Å². The average Bonchev–Trinajstić information content (AvgIpc) is 3.05. The summed E-state index contributed by atoms with van der Waals surface area (Å²) in [6.07, 6.45) is 6.11. The summed E-state index contributed by atoms with van der Waals surface area (Å²) in [7, 11) is 0. The number of carbonyl (C=O) groups excluding carboxylic acids is 2. The lowest BCUT2D eigenvalue weighted by molar-refractivity contribution is -0.141. The Labute approximate surface area is 172 Å². The Bertz CT molecular complexity index is 1100. The van der Waals surface area contributed by atoms with E-state index < -0.39 is 0 Å². The van der Waals surface area contributed by atoms with Crippen LogP contribution < -0.4 is 5.32 Å². The highest BCUT2D eigenvalue weighted by atomic mass is 32.2. The van der Waals surface area contributed by atoms with Crippen LogP contribution in [0.5, 0.6) is 0 Å². The van der Waals surface area contributed by atoms with Crippen LogP contribution >= 0.6 is 11.8 Å². The van der Waals surface area contributed by atoms with Gasteiger partial charge in [0.2, 0.25) is 0 Å². The first kappa shape index (κ1) is 19.3. The van der Waals surface area contributed by atoms with Crippen LogP contribution in [0.15, 0.2) is 52.4 Å². The molecule has 1 aromatic carbocycles. The summed E-state index contributed by atoms with van der Waals surface area (Å²) in [5.41, 5.74) is 3.65. The molecule has 1 aliphatic heterocycles. The highest BCUT2D eigenvalue weighted by molar-refractivity contribution is 8.04. The minimum Gasteiger partial charge on any atom is -0.466 e. The van der Waals surface area contributed by atoms with Crippen molar-refractivity contribution < 1.29 is 14.3 Å². The van der Waals surface area contributed by atoms with E-state index in [1.54, 1.807) is 6.20 Å². The van der Waals surface area contributed by atoms with E-state index in [1.165, 1.54) is 18.7 Å². The molecule has 0 spiro atoms. The lowest BCUT2D eigenvalue weighted by Gasteiger charge is -2.18. The van der Waals surface area contributed by atoms with Crippen molar-refractivity contribution in [2.75, 3.05) is 11.9 Å². The summed E-state index contributed by atoms with van der Waals surface area (Å²) in [4.78, 5) is 33.0. The van der Waals surface area contributed by atoms with Gasteiger partial charge in [-0.2, -0.15) is 0 Å². The number of nitrogens with one attached hydrogen (secondary N) is 2. The second-order valence-electron chi connectivity index (χ2n) is 6.77.